The van der Waals surface area contributed by atoms with Gasteiger partial charge in [0.2, 0.25) is 5.91 Å². The monoisotopic (exact) mass is 341 g/mol. The van der Waals surface area contributed by atoms with Crippen LogP contribution in [-0.2, 0) is 4.79 Å². The standard InChI is InChI=1S/C20H23NO4/c1-5-25-17-9-7-6-8-15(17)10-11-20(22)21-16-13-19(24-4)18(23-3)12-14(16)2/h6-13H,5H2,1-4H3,(H,21,22). The molecule has 2 aromatic carbocycles. The van der Waals surface area contributed by atoms with Gasteiger partial charge in [0.1, 0.15) is 5.75 Å². The number of rotatable bonds is 7. The minimum atomic E-state index is -0.235. The quantitative estimate of drug-likeness (QED) is 0.772. The zero-order chi connectivity index (χ0) is 18.2. The molecule has 0 aliphatic carbocycles. The molecule has 0 aliphatic heterocycles. The maximum atomic E-state index is 12.3. The number of hydrogen-bond donors (Lipinski definition) is 1. The summed E-state index contributed by atoms with van der Waals surface area (Å²) in [7, 11) is 3.14. The number of benzene rings is 2. The molecule has 0 saturated heterocycles. The fourth-order valence-corrected chi connectivity index (χ4v) is 2.36. The normalized spacial score (nSPS) is 10.6. The summed E-state index contributed by atoms with van der Waals surface area (Å²) < 4.78 is 16.1. The van der Waals surface area contributed by atoms with Crippen LogP contribution in [0.1, 0.15) is 18.1 Å². The molecule has 2 aromatic rings. The second-order valence-electron chi connectivity index (χ2n) is 5.32. The van der Waals surface area contributed by atoms with Gasteiger partial charge in [-0.05, 0) is 37.6 Å². The van der Waals surface area contributed by atoms with E-state index in [1.54, 1.807) is 26.4 Å². The molecule has 0 fully saturated rings. The number of para-hydroxylation sites is 1. The Morgan fingerprint density at radius 3 is 2.44 bits per heavy atom. The summed E-state index contributed by atoms with van der Waals surface area (Å²) >= 11 is 0. The average Bonchev–Trinajstić information content (AvgIpc) is 2.62. The van der Waals surface area contributed by atoms with E-state index in [9.17, 15) is 4.79 Å². The third-order valence-electron chi connectivity index (χ3n) is 3.62. The molecule has 132 valence electrons. The molecule has 0 atom stereocenters. The van der Waals surface area contributed by atoms with Gasteiger partial charge >= 0.3 is 0 Å². The first-order valence-electron chi connectivity index (χ1n) is 8.02. The summed E-state index contributed by atoms with van der Waals surface area (Å²) in [6.07, 6.45) is 3.21. The number of amides is 1. The molecule has 5 nitrogen and oxygen atoms in total. The van der Waals surface area contributed by atoms with Gasteiger partial charge in [0, 0.05) is 23.4 Å². The van der Waals surface area contributed by atoms with Gasteiger partial charge in [-0.2, -0.15) is 0 Å². The summed E-state index contributed by atoms with van der Waals surface area (Å²) in [5.41, 5.74) is 2.41. The largest absolute Gasteiger partial charge is 0.493 e. The zero-order valence-corrected chi connectivity index (χ0v) is 15.0. The lowest BCUT2D eigenvalue weighted by Gasteiger charge is -2.13. The Morgan fingerprint density at radius 1 is 1.08 bits per heavy atom. The van der Waals surface area contributed by atoms with Crippen LogP contribution in [0.25, 0.3) is 6.08 Å². The second-order valence-corrected chi connectivity index (χ2v) is 5.32. The summed E-state index contributed by atoms with van der Waals surface area (Å²) in [5.74, 6) is 1.70. The van der Waals surface area contributed by atoms with Gasteiger partial charge in [0.25, 0.3) is 0 Å². The van der Waals surface area contributed by atoms with Crippen LogP contribution in [0.5, 0.6) is 17.2 Å². The van der Waals surface area contributed by atoms with Gasteiger partial charge in [0.05, 0.1) is 20.8 Å². The molecule has 1 N–H and O–H groups in total. The van der Waals surface area contributed by atoms with E-state index in [0.717, 1.165) is 16.9 Å². The van der Waals surface area contributed by atoms with Crippen molar-refractivity contribution in [2.75, 3.05) is 26.1 Å². The highest BCUT2D eigenvalue weighted by atomic mass is 16.5. The fourth-order valence-electron chi connectivity index (χ4n) is 2.36. The molecule has 0 bridgehead atoms. The van der Waals surface area contributed by atoms with Crippen LogP contribution in [0.3, 0.4) is 0 Å². The topological polar surface area (TPSA) is 56.8 Å². The molecular formula is C20H23NO4. The van der Waals surface area contributed by atoms with E-state index in [-0.39, 0.29) is 5.91 Å². The van der Waals surface area contributed by atoms with Gasteiger partial charge in [-0.25, -0.2) is 0 Å². The van der Waals surface area contributed by atoms with Crippen molar-refractivity contribution in [2.24, 2.45) is 0 Å². The third kappa shape index (κ3) is 4.76. The van der Waals surface area contributed by atoms with E-state index in [1.807, 2.05) is 44.2 Å². The van der Waals surface area contributed by atoms with Crippen LogP contribution in [0.2, 0.25) is 0 Å². The van der Waals surface area contributed by atoms with Gasteiger partial charge in [-0.3, -0.25) is 4.79 Å². The molecule has 0 aliphatic rings. The molecule has 1 amide bonds. The Hall–Kier alpha value is -2.95. The number of nitrogens with one attached hydrogen (secondary N) is 1. The van der Waals surface area contributed by atoms with Crippen LogP contribution in [-0.4, -0.2) is 26.7 Å². The van der Waals surface area contributed by atoms with Crippen molar-refractivity contribution < 1.29 is 19.0 Å². The first kappa shape index (κ1) is 18.4. The lowest BCUT2D eigenvalue weighted by molar-refractivity contribution is -0.111. The third-order valence-corrected chi connectivity index (χ3v) is 3.62. The van der Waals surface area contributed by atoms with Gasteiger partial charge < -0.3 is 19.5 Å². The summed E-state index contributed by atoms with van der Waals surface area (Å²) in [4.78, 5) is 12.3. The molecule has 5 heteroatoms. The SMILES string of the molecule is CCOc1ccccc1C=CC(=O)Nc1cc(OC)c(OC)cc1C. The molecule has 0 radical (unpaired) electrons. The van der Waals surface area contributed by atoms with Crippen molar-refractivity contribution >= 4 is 17.7 Å². The van der Waals surface area contributed by atoms with E-state index in [4.69, 9.17) is 14.2 Å². The van der Waals surface area contributed by atoms with Gasteiger partial charge in [-0.1, -0.05) is 18.2 Å². The maximum Gasteiger partial charge on any atom is 0.248 e. The van der Waals surface area contributed by atoms with Crippen molar-refractivity contribution in [3.8, 4) is 17.2 Å². The van der Waals surface area contributed by atoms with Crippen LogP contribution in [0.4, 0.5) is 5.69 Å². The number of aryl methyl sites for hydroxylation is 1. The zero-order valence-electron chi connectivity index (χ0n) is 15.0. The lowest BCUT2D eigenvalue weighted by atomic mass is 10.1. The molecule has 0 spiro atoms. The summed E-state index contributed by atoms with van der Waals surface area (Å²) in [5, 5.41) is 2.86. The first-order chi connectivity index (χ1) is 12.1. The van der Waals surface area contributed by atoms with Crippen molar-refractivity contribution in [3.05, 3.63) is 53.6 Å². The minimum Gasteiger partial charge on any atom is -0.493 e. The molecule has 0 saturated carbocycles. The number of carbonyl (C=O) groups is 1. The molecular weight excluding hydrogens is 318 g/mol. The Balaban J connectivity index is 2.15. The van der Waals surface area contributed by atoms with E-state index < -0.39 is 0 Å². The number of ether oxygens (including phenoxy) is 3. The van der Waals surface area contributed by atoms with E-state index in [2.05, 4.69) is 5.32 Å². The predicted molar refractivity (Wildman–Crippen MR) is 99.6 cm³/mol. The predicted octanol–water partition coefficient (Wildman–Crippen LogP) is 4.06. The highest BCUT2D eigenvalue weighted by Gasteiger charge is 2.10. The maximum absolute atomic E-state index is 12.3. The van der Waals surface area contributed by atoms with Crippen LogP contribution in [0.15, 0.2) is 42.5 Å². The van der Waals surface area contributed by atoms with E-state index in [1.165, 1.54) is 6.08 Å². The number of anilines is 1. The molecule has 0 heterocycles. The van der Waals surface area contributed by atoms with E-state index >= 15 is 0 Å². The number of carbonyl (C=O) groups excluding carboxylic acids is 1. The van der Waals surface area contributed by atoms with Crippen LogP contribution < -0.4 is 19.5 Å². The lowest BCUT2D eigenvalue weighted by Crippen LogP contribution is -2.09. The van der Waals surface area contributed by atoms with Crippen LogP contribution >= 0.6 is 0 Å². The average molecular weight is 341 g/mol. The van der Waals surface area contributed by atoms with Crippen molar-refractivity contribution in [1.82, 2.24) is 0 Å². The summed E-state index contributed by atoms with van der Waals surface area (Å²) in [6, 6.07) is 11.1. The highest BCUT2D eigenvalue weighted by molar-refractivity contribution is 6.02. The smallest absolute Gasteiger partial charge is 0.248 e. The van der Waals surface area contributed by atoms with Crippen molar-refractivity contribution in [1.29, 1.82) is 0 Å². The van der Waals surface area contributed by atoms with Gasteiger partial charge in [-0.15, -0.1) is 0 Å². The molecule has 25 heavy (non-hydrogen) atoms. The highest BCUT2D eigenvalue weighted by Crippen LogP contribution is 2.32. The Kier molecular flexibility index (Phi) is 6.46. The number of hydrogen-bond acceptors (Lipinski definition) is 4. The summed E-state index contributed by atoms with van der Waals surface area (Å²) in [6.45, 7) is 4.39. The number of methoxy groups -OCH3 is 2. The Bertz CT molecular complexity index is 768. The molecule has 0 aromatic heterocycles. The van der Waals surface area contributed by atoms with Crippen molar-refractivity contribution in [2.45, 2.75) is 13.8 Å². The van der Waals surface area contributed by atoms with Crippen molar-refractivity contribution in [3.63, 3.8) is 0 Å². The fraction of sp³-hybridized carbons (Fsp3) is 0.250. The second kappa shape index (κ2) is 8.78. The van der Waals surface area contributed by atoms with Crippen LogP contribution in [0, 0.1) is 6.92 Å². The first-order valence-corrected chi connectivity index (χ1v) is 8.02. The Morgan fingerprint density at radius 2 is 1.76 bits per heavy atom. The molecule has 2 rings (SSSR count). The van der Waals surface area contributed by atoms with E-state index in [0.29, 0.717) is 23.8 Å². The molecule has 0 unspecified atom stereocenters. The minimum absolute atomic E-state index is 0.235. The Labute approximate surface area is 148 Å². The van der Waals surface area contributed by atoms with Gasteiger partial charge in [0.15, 0.2) is 11.5 Å².